The lowest BCUT2D eigenvalue weighted by atomic mass is 9.95. The lowest BCUT2D eigenvalue weighted by molar-refractivity contribution is 0.217. The predicted molar refractivity (Wildman–Crippen MR) is 136 cm³/mol. The van der Waals surface area contributed by atoms with Crippen molar-refractivity contribution >= 4 is 34.1 Å². The highest BCUT2D eigenvalue weighted by Gasteiger charge is 2.25. The first-order valence-corrected chi connectivity index (χ1v) is 11.5. The lowest BCUT2D eigenvalue weighted by Gasteiger charge is -2.34. The van der Waals surface area contributed by atoms with E-state index in [0.717, 1.165) is 66.1 Å². The van der Waals surface area contributed by atoms with Gasteiger partial charge in [-0.1, -0.05) is 51.1 Å². The molecule has 32 heavy (non-hydrogen) atoms. The van der Waals surface area contributed by atoms with Crippen LogP contribution in [0.2, 0.25) is 0 Å². The zero-order valence-corrected chi connectivity index (χ0v) is 20.5. The maximum atomic E-state index is 5.75. The summed E-state index contributed by atoms with van der Waals surface area (Å²) in [6, 6.07) is 14.7. The molecule has 1 aliphatic heterocycles. The molecule has 2 aromatic carbocycles. The van der Waals surface area contributed by atoms with E-state index < -0.39 is 0 Å². The van der Waals surface area contributed by atoms with Gasteiger partial charge >= 0.3 is 0 Å². The molecule has 0 bridgehead atoms. The van der Waals surface area contributed by atoms with Crippen molar-refractivity contribution in [2.45, 2.75) is 32.7 Å². The maximum absolute atomic E-state index is 5.75. The highest BCUT2D eigenvalue weighted by Crippen LogP contribution is 2.34. The van der Waals surface area contributed by atoms with Crippen LogP contribution in [0, 0.1) is 0 Å². The first-order chi connectivity index (χ1) is 15.3. The molecule has 1 saturated heterocycles. The van der Waals surface area contributed by atoms with E-state index in [1.165, 1.54) is 5.56 Å². The third kappa shape index (κ3) is 4.74. The normalized spacial score (nSPS) is 15.2. The van der Waals surface area contributed by atoms with E-state index in [1.54, 1.807) is 7.11 Å². The van der Waals surface area contributed by atoms with Crippen LogP contribution in [0.25, 0.3) is 11.0 Å². The summed E-state index contributed by atoms with van der Waals surface area (Å²) in [4.78, 5) is 9.56. The van der Waals surface area contributed by atoms with Crippen molar-refractivity contribution in [3.63, 3.8) is 0 Å². The minimum absolute atomic E-state index is 0.0935. The number of likely N-dealkylation sites (N-methyl/N-ethyl adjacent to an activating group) is 1. The smallest absolute Gasteiger partial charge is 0.173 e. The van der Waals surface area contributed by atoms with Gasteiger partial charge in [0, 0.05) is 44.2 Å². The van der Waals surface area contributed by atoms with Crippen molar-refractivity contribution in [3.05, 3.63) is 53.9 Å². The second-order valence-electron chi connectivity index (χ2n) is 9.52. The summed E-state index contributed by atoms with van der Waals surface area (Å²) >= 11 is 5.75. The quantitative estimate of drug-likeness (QED) is 0.596. The van der Waals surface area contributed by atoms with Gasteiger partial charge in [0.25, 0.3) is 0 Å². The topological polar surface area (TPSA) is 45.6 Å². The van der Waals surface area contributed by atoms with Gasteiger partial charge in [0.1, 0.15) is 11.6 Å². The van der Waals surface area contributed by atoms with Crippen molar-refractivity contribution in [1.29, 1.82) is 0 Å². The number of imidazole rings is 1. The van der Waals surface area contributed by atoms with Gasteiger partial charge < -0.3 is 24.4 Å². The van der Waals surface area contributed by atoms with E-state index in [0.29, 0.717) is 0 Å². The van der Waals surface area contributed by atoms with Gasteiger partial charge in [0.05, 0.1) is 23.8 Å². The standard InChI is InChI=1S/C25H33N5OS/c1-25(2,3)23-26-19-16-22(31-5)20(27-24(32)29-13-11-28(4)12-14-29)15-21(19)30(23)17-18-9-7-6-8-10-18/h6-10,15-16H,11-14,17H2,1-5H3,(H,27,32). The number of anilines is 1. The van der Waals surface area contributed by atoms with E-state index in [2.05, 4.69) is 77.8 Å². The number of fused-ring (bicyclic) bond motifs is 1. The Bertz CT molecular complexity index is 1090. The summed E-state index contributed by atoms with van der Waals surface area (Å²) < 4.78 is 8.03. The summed E-state index contributed by atoms with van der Waals surface area (Å²) in [5, 5.41) is 4.19. The molecule has 0 spiro atoms. The number of aromatic nitrogens is 2. The zero-order valence-electron chi connectivity index (χ0n) is 19.7. The highest BCUT2D eigenvalue weighted by atomic mass is 32.1. The number of nitrogens with zero attached hydrogens (tertiary/aromatic N) is 4. The molecule has 3 aromatic rings. The van der Waals surface area contributed by atoms with Crippen LogP contribution in [-0.4, -0.2) is 64.8 Å². The predicted octanol–water partition coefficient (Wildman–Crippen LogP) is 4.33. The van der Waals surface area contributed by atoms with E-state index in [1.807, 2.05) is 12.1 Å². The van der Waals surface area contributed by atoms with Gasteiger partial charge in [-0.3, -0.25) is 0 Å². The van der Waals surface area contributed by atoms with Crippen molar-refractivity contribution in [2.75, 3.05) is 45.7 Å². The first-order valence-electron chi connectivity index (χ1n) is 11.1. The fourth-order valence-corrected chi connectivity index (χ4v) is 4.41. The molecule has 0 saturated carbocycles. The largest absolute Gasteiger partial charge is 0.494 e. The molecule has 1 aliphatic rings. The third-order valence-corrected chi connectivity index (χ3v) is 6.32. The Kier molecular flexibility index (Phi) is 6.40. The van der Waals surface area contributed by atoms with Crippen LogP contribution in [0.15, 0.2) is 42.5 Å². The van der Waals surface area contributed by atoms with Crippen LogP contribution < -0.4 is 10.1 Å². The summed E-state index contributed by atoms with van der Waals surface area (Å²) in [6.07, 6.45) is 0. The Hall–Kier alpha value is -2.64. The van der Waals surface area contributed by atoms with Crippen LogP contribution >= 0.6 is 12.2 Å². The molecule has 2 heterocycles. The Morgan fingerprint density at radius 1 is 1.09 bits per heavy atom. The van der Waals surface area contributed by atoms with Crippen molar-refractivity contribution < 1.29 is 4.74 Å². The van der Waals surface area contributed by atoms with Gasteiger partial charge in [-0.05, 0) is 30.9 Å². The Labute approximate surface area is 196 Å². The minimum atomic E-state index is -0.0935. The third-order valence-electron chi connectivity index (χ3n) is 5.96. The van der Waals surface area contributed by atoms with E-state index in [-0.39, 0.29) is 5.41 Å². The fraction of sp³-hybridized carbons (Fsp3) is 0.440. The number of piperazine rings is 1. The Morgan fingerprint density at radius 3 is 2.41 bits per heavy atom. The second kappa shape index (κ2) is 9.08. The molecule has 170 valence electrons. The Balaban J connectivity index is 1.73. The van der Waals surface area contributed by atoms with Crippen LogP contribution in [-0.2, 0) is 12.0 Å². The van der Waals surface area contributed by atoms with Crippen molar-refractivity contribution in [3.8, 4) is 5.75 Å². The number of methoxy groups -OCH3 is 1. The number of hydrogen-bond acceptors (Lipinski definition) is 4. The zero-order chi connectivity index (χ0) is 22.9. The second-order valence-corrected chi connectivity index (χ2v) is 9.91. The first kappa shape index (κ1) is 22.6. The molecule has 0 amide bonds. The molecule has 4 rings (SSSR count). The molecule has 0 radical (unpaired) electrons. The van der Waals surface area contributed by atoms with Crippen molar-refractivity contribution in [1.82, 2.24) is 19.4 Å². The average molecular weight is 452 g/mol. The number of rotatable bonds is 4. The Morgan fingerprint density at radius 2 is 1.78 bits per heavy atom. The molecular formula is C25H33N5OS. The summed E-state index contributed by atoms with van der Waals surface area (Å²) in [7, 11) is 3.84. The molecule has 0 aliphatic carbocycles. The summed E-state index contributed by atoms with van der Waals surface area (Å²) in [5.74, 6) is 1.80. The van der Waals surface area contributed by atoms with Gasteiger partial charge in [-0.2, -0.15) is 0 Å². The molecular weight excluding hydrogens is 418 g/mol. The molecule has 6 nitrogen and oxygen atoms in total. The molecule has 7 heteroatoms. The fourth-order valence-electron chi connectivity index (χ4n) is 4.12. The van der Waals surface area contributed by atoms with Crippen LogP contribution in [0.1, 0.15) is 32.2 Å². The van der Waals surface area contributed by atoms with Gasteiger partial charge in [0.2, 0.25) is 0 Å². The van der Waals surface area contributed by atoms with Gasteiger partial charge in [0.15, 0.2) is 5.11 Å². The highest BCUT2D eigenvalue weighted by molar-refractivity contribution is 7.80. The number of hydrogen-bond donors (Lipinski definition) is 1. The molecule has 0 unspecified atom stereocenters. The van der Waals surface area contributed by atoms with Gasteiger partial charge in [-0.25, -0.2) is 4.98 Å². The number of thiocarbonyl (C=S) groups is 1. The summed E-state index contributed by atoms with van der Waals surface area (Å²) in [6.45, 7) is 11.2. The molecule has 1 aromatic heterocycles. The minimum Gasteiger partial charge on any atom is -0.494 e. The van der Waals surface area contributed by atoms with Gasteiger partial charge in [-0.15, -0.1) is 0 Å². The number of benzene rings is 2. The van der Waals surface area contributed by atoms with Crippen LogP contribution in [0.5, 0.6) is 5.75 Å². The van der Waals surface area contributed by atoms with Crippen LogP contribution in [0.4, 0.5) is 5.69 Å². The summed E-state index contributed by atoms with van der Waals surface area (Å²) in [5.41, 5.74) is 4.03. The number of nitrogens with one attached hydrogen (secondary N) is 1. The monoisotopic (exact) mass is 451 g/mol. The maximum Gasteiger partial charge on any atom is 0.173 e. The van der Waals surface area contributed by atoms with Crippen LogP contribution in [0.3, 0.4) is 0 Å². The lowest BCUT2D eigenvalue weighted by Crippen LogP contribution is -2.48. The van der Waals surface area contributed by atoms with Crippen molar-refractivity contribution in [2.24, 2.45) is 0 Å². The van der Waals surface area contributed by atoms with E-state index >= 15 is 0 Å². The molecule has 1 fully saturated rings. The molecule has 1 N–H and O–H groups in total. The van der Waals surface area contributed by atoms with E-state index in [9.17, 15) is 0 Å². The number of ether oxygens (including phenoxy) is 1. The molecule has 0 atom stereocenters. The average Bonchev–Trinajstić information content (AvgIpc) is 3.12. The van der Waals surface area contributed by atoms with E-state index in [4.69, 9.17) is 21.9 Å². The SMILES string of the molecule is COc1cc2nc(C(C)(C)C)n(Cc3ccccc3)c2cc1NC(=S)N1CCN(C)CC1.